The molecule has 0 unspecified atom stereocenters. The quantitative estimate of drug-likeness (QED) is 0.347. The third-order valence-corrected chi connectivity index (χ3v) is 5.15. The summed E-state index contributed by atoms with van der Waals surface area (Å²) >= 11 is 5.96. The lowest BCUT2D eigenvalue weighted by Crippen LogP contribution is -2.32. The van der Waals surface area contributed by atoms with Gasteiger partial charge in [0.05, 0.1) is 5.69 Å². The van der Waals surface area contributed by atoms with Crippen LogP contribution in [0.25, 0.3) is 0 Å². The fraction of sp³-hybridized carbons (Fsp3) is 0.125. The maximum absolute atomic E-state index is 5.96. The van der Waals surface area contributed by atoms with E-state index in [4.69, 9.17) is 16.6 Å². The molecule has 3 heteroatoms. The molecular formula is C24H21ClN2. The molecule has 0 saturated carbocycles. The first-order chi connectivity index (χ1) is 13.4. The van der Waals surface area contributed by atoms with Crippen molar-refractivity contribution in [3.05, 3.63) is 125 Å². The van der Waals surface area contributed by atoms with Crippen LogP contribution in [0.3, 0.4) is 0 Å². The lowest BCUT2D eigenvalue weighted by atomic mass is 9.69. The fourth-order valence-electron chi connectivity index (χ4n) is 3.75. The predicted molar refractivity (Wildman–Crippen MR) is 111 cm³/mol. The zero-order valence-electron chi connectivity index (χ0n) is 15.0. The number of benzene rings is 3. The van der Waals surface area contributed by atoms with Crippen LogP contribution in [0.15, 0.2) is 97.2 Å². The number of H-pyrrole nitrogens is 1. The Balaban J connectivity index is 2.06. The first-order valence-electron chi connectivity index (χ1n) is 9.13. The lowest BCUT2D eigenvalue weighted by molar-refractivity contribution is 0.689. The summed E-state index contributed by atoms with van der Waals surface area (Å²) < 4.78 is 0. The van der Waals surface area contributed by atoms with Crippen LogP contribution < -0.4 is 0 Å². The molecule has 3 aromatic carbocycles. The summed E-state index contributed by atoms with van der Waals surface area (Å²) in [6, 6.07) is 31.7. The van der Waals surface area contributed by atoms with Gasteiger partial charge >= 0.3 is 0 Å². The molecule has 0 bridgehead atoms. The SMILES string of the molecule is ClCCc1c[nH]c(C(c2ccccc2)(c2ccccc2)c2ccccc2)n1. The van der Waals surface area contributed by atoms with Crippen molar-refractivity contribution in [1.82, 2.24) is 9.97 Å². The molecule has 0 amide bonds. The van der Waals surface area contributed by atoms with E-state index in [1.807, 2.05) is 24.4 Å². The Morgan fingerprint density at radius 2 is 1.15 bits per heavy atom. The second kappa shape index (κ2) is 7.81. The monoisotopic (exact) mass is 372 g/mol. The molecule has 0 aliphatic carbocycles. The number of aromatic amines is 1. The van der Waals surface area contributed by atoms with E-state index in [0.29, 0.717) is 5.88 Å². The van der Waals surface area contributed by atoms with Crippen molar-refractivity contribution in [2.75, 3.05) is 5.88 Å². The Kier molecular flexibility index (Phi) is 5.08. The van der Waals surface area contributed by atoms with Crippen molar-refractivity contribution in [1.29, 1.82) is 0 Å². The van der Waals surface area contributed by atoms with Gasteiger partial charge in [0.15, 0.2) is 0 Å². The van der Waals surface area contributed by atoms with E-state index >= 15 is 0 Å². The first-order valence-corrected chi connectivity index (χ1v) is 9.66. The molecule has 1 heterocycles. The van der Waals surface area contributed by atoms with Crippen LogP contribution in [0.4, 0.5) is 0 Å². The third kappa shape index (κ3) is 3.17. The average Bonchev–Trinajstić information content (AvgIpc) is 3.20. The summed E-state index contributed by atoms with van der Waals surface area (Å²) in [6.07, 6.45) is 2.72. The maximum atomic E-state index is 5.96. The van der Waals surface area contributed by atoms with Crippen LogP contribution in [0.1, 0.15) is 28.2 Å². The fourth-order valence-corrected chi connectivity index (χ4v) is 3.95. The van der Waals surface area contributed by atoms with Crippen molar-refractivity contribution in [3.63, 3.8) is 0 Å². The number of hydrogen-bond acceptors (Lipinski definition) is 1. The van der Waals surface area contributed by atoms with Gasteiger partial charge in [0, 0.05) is 18.5 Å². The highest BCUT2D eigenvalue weighted by atomic mass is 35.5. The highest BCUT2D eigenvalue weighted by Gasteiger charge is 2.40. The van der Waals surface area contributed by atoms with Gasteiger partial charge in [-0.15, -0.1) is 11.6 Å². The number of alkyl halides is 1. The molecule has 2 nitrogen and oxygen atoms in total. The molecule has 0 saturated heterocycles. The maximum Gasteiger partial charge on any atom is 0.126 e. The van der Waals surface area contributed by atoms with Gasteiger partial charge in [-0.1, -0.05) is 91.0 Å². The molecule has 27 heavy (non-hydrogen) atoms. The van der Waals surface area contributed by atoms with E-state index in [1.165, 1.54) is 16.7 Å². The molecule has 4 rings (SSSR count). The summed E-state index contributed by atoms with van der Waals surface area (Å²) in [5.41, 5.74) is 3.98. The van der Waals surface area contributed by atoms with E-state index in [1.54, 1.807) is 0 Å². The molecule has 0 aliphatic rings. The van der Waals surface area contributed by atoms with Crippen molar-refractivity contribution >= 4 is 11.6 Å². The van der Waals surface area contributed by atoms with E-state index in [-0.39, 0.29) is 0 Å². The van der Waals surface area contributed by atoms with E-state index in [9.17, 15) is 0 Å². The number of nitrogens with zero attached hydrogens (tertiary/aromatic N) is 1. The summed E-state index contributed by atoms with van der Waals surface area (Å²) in [7, 11) is 0. The summed E-state index contributed by atoms with van der Waals surface area (Å²) in [5, 5.41) is 0. The molecule has 0 spiro atoms. The Bertz CT molecular complexity index is 882. The summed E-state index contributed by atoms with van der Waals surface area (Å²) in [4.78, 5) is 8.42. The van der Waals surface area contributed by atoms with Crippen LogP contribution in [-0.4, -0.2) is 15.8 Å². The normalized spacial score (nSPS) is 11.4. The van der Waals surface area contributed by atoms with Gasteiger partial charge < -0.3 is 4.98 Å². The Labute approximate surface area is 164 Å². The topological polar surface area (TPSA) is 28.7 Å². The van der Waals surface area contributed by atoms with Gasteiger partial charge in [-0.05, 0) is 16.7 Å². The molecule has 4 aromatic rings. The van der Waals surface area contributed by atoms with Crippen molar-refractivity contribution in [2.24, 2.45) is 0 Å². The second-order valence-corrected chi connectivity index (χ2v) is 6.91. The zero-order chi connectivity index (χ0) is 18.5. The van der Waals surface area contributed by atoms with E-state index in [0.717, 1.165) is 17.9 Å². The third-order valence-electron chi connectivity index (χ3n) is 4.96. The molecular weight excluding hydrogens is 352 g/mol. The van der Waals surface area contributed by atoms with Crippen LogP contribution >= 0.6 is 11.6 Å². The van der Waals surface area contributed by atoms with Crippen LogP contribution in [0.2, 0.25) is 0 Å². The van der Waals surface area contributed by atoms with E-state index in [2.05, 4.69) is 77.8 Å². The van der Waals surface area contributed by atoms with Gasteiger partial charge in [-0.3, -0.25) is 0 Å². The van der Waals surface area contributed by atoms with Crippen LogP contribution in [-0.2, 0) is 11.8 Å². The summed E-state index contributed by atoms with van der Waals surface area (Å²) in [5.74, 6) is 1.46. The molecule has 0 atom stereocenters. The number of hydrogen-bond donors (Lipinski definition) is 1. The highest BCUT2D eigenvalue weighted by Crippen LogP contribution is 2.43. The van der Waals surface area contributed by atoms with Crippen molar-refractivity contribution < 1.29 is 0 Å². The minimum Gasteiger partial charge on any atom is -0.347 e. The van der Waals surface area contributed by atoms with Crippen LogP contribution in [0, 0.1) is 0 Å². The highest BCUT2D eigenvalue weighted by molar-refractivity contribution is 6.17. The molecule has 0 radical (unpaired) electrons. The van der Waals surface area contributed by atoms with Crippen molar-refractivity contribution in [2.45, 2.75) is 11.8 Å². The second-order valence-electron chi connectivity index (χ2n) is 6.53. The number of halogens is 1. The molecule has 0 aliphatic heterocycles. The Morgan fingerprint density at radius 3 is 1.56 bits per heavy atom. The number of imidazole rings is 1. The lowest BCUT2D eigenvalue weighted by Gasteiger charge is -2.34. The average molecular weight is 373 g/mol. The molecule has 1 aromatic heterocycles. The smallest absolute Gasteiger partial charge is 0.126 e. The van der Waals surface area contributed by atoms with Crippen molar-refractivity contribution in [3.8, 4) is 0 Å². The van der Waals surface area contributed by atoms with Gasteiger partial charge in [0.1, 0.15) is 11.2 Å². The summed E-state index contributed by atoms with van der Waals surface area (Å²) in [6.45, 7) is 0. The number of aryl methyl sites for hydroxylation is 1. The van der Waals surface area contributed by atoms with Crippen LogP contribution in [0.5, 0.6) is 0 Å². The molecule has 0 fully saturated rings. The minimum absolute atomic E-state index is 0.520. The minimum atomic E-state index is -0.520. The van der Waals surface area contributed by atoms with E-state index < -0.39 is 5.41 Å². The number of nitrogens with one attached hydrogen (secondary N) is 1. The number of rotatable bonds is 6. The van der Waals surface area contributed by atoms with Gasteiger partial charge in [-0.25, -0.2) is 4.98 Å². The zero-order valence-corrected chi connectivity index (χ0v) is 15.7. The first kappa shape index (κ1) is 17.6. The number of aromatic nitrogens is 2. The largest absolute Gasteiger partial charge is 0.347 e. The molecule has 134 valence electrons. The van der Waals surface area contributed by atoms with Gasteiger partial charge in [-0.2, -0.15) is 0 Å². The standard InChI is InChI=1S/C24H21ClN2/c25-17-16-22-18-26-23(27-22)24(19-10-4-1-5-11-19,20-12-6-2-7-13-20)21-14-8-3-9-15-21/h1-15,18H,16-17H2,(H,26,27). The molecule has 1 N–H and O–H groups in total. The van der Waals surface area contributed by atoms with Gasteiger partial charge in [0.2, 0.25) is 0 Å². The van der Waals surface area contributed by atoms with Gasteiger partial charge in [0.25, 0.3) is 0 Å². The Hall–Kier alpha value is -2.84. The Morgan fingerprint density at radius 1 is 0.704 bits per heavy atom. The predicted octanol–water partition coefficient (Wildman–Crippen LogP) is 5.57.